The Hall–Kier alpha value is -2.40. The molecule has 2 aromatic rings. The van der Waals surface area contributed by atoms with Crippen LogP contribution in [0, 0.1) is 0 Å². The normalized spacial score (nSPS) is 17.4. The number of benzene rings is 2. The van der Waals surface area contributed by atoms with Gasteiger partial charge in [0.2, 0.25) is 0 Å². The van der Waals surface area contributed by atoms with E-state index in [0.717, 1.165) is 48.3 Å². The van der Waals surface area contributed by atoms with Gasteiger partial charge < -0.3 is 20.6 Å². The zero-order valence-corrected chi connectivity index (χ0v) is 15.7. The molecule has 5 nitrogen and oxygen atoms in total. The lowest BCUT2D eigenvalue weighted by Crippen LogP contribution is -2.44. The van der Waals surface area contributed by atoms with Gasteiger partial charge in [-0.05, 0) is 49.2 Å². The van der Waals surface area contributed by atoms with Gasteiger partial charge in [0.25, 0.3) is 0 Å². The Labute approximate surface area is 159 Å². The Morgan fingerprint density at radius 1 is 1.27 bits per heavy atom. The summed E-state index contributed by atoms with van der Waals surface area (Å²) in [6, 6.07) is 15.5. The van der Waals surface area contributed by atoms with E-state index in [9.17, 15) is 5.11 Å². The van der Waals surface area contributed by atoms with Gasteiger partial charge in [0.1, 0.15) is 5.75 Å². The zero-order valence-electron chi connectivity index (χ0n) is 15.0. The summed E-state index contributed by atoms with van der Waals surface area (Å²) >= 11 is 6.11. The highest BCUT2D eigenvalue weighted by Gasteiger charge is 2.23. The second kappa shape index (κ2) is 8.81. The Bertz CT molecular complexity index is 765. The summed E-state index contributed by atoms with van der Waals surface area (Å²) in [4.78, 5) is 6.98. The number of aliphatic imine (C=N–C) groups is 1. The molecule has 1 atom stereocenters. The molecule has 1 heterocycles. The topological polar surface area (TPSA) is 59.9 Å². The van der Waals surface area contributed by atoms with Gasteiger partial charge in [0.05, 0.1) is 6.54 Å². The van der Waals surface area contributed by atoms with Gasteiger partial charge in [-0.25, -0.2) is 4.99 Å². The molecule has 0 aliphatic carbocycles. The predicted octanol–water partition coefficient (Wildman–Crippen LogP) is 3.38. The number of halogens is 1. The summed E-state index contributed by atoms with van der Waals surface area (Å²) in [6.07, 6.45) is 1.04. The maximum atomic E-state index is 9.57. The van der Waals surface area contributed by atoms with E-state index >= 15 is 0 Å². The summed E-state index contributed by atoms with van der Waals surface area (Å²) < 4.78 is 0. The predicted molar refractivity (Wildman–Crippen MR) is 108 cm³/mol. The van der Waals surface area contributed by atoms with Crippen molar-refractivity contribution in [3.8, 4) is 5.75 Å². The van der Waals surface area contributed by atoms with Crippen LogP contribution in [0.15, 0.2) is 53.5 Å². The molecular formula is C20H25ClN4O. The highest BCUT2D eigenvalue weighted by atomic mass is 35.5. The largest absolute Gasteiger partial charge is 0.508 e. The van der Waals surface area contributed by atoms with E-state index in [-0.39, 0.29) is 5.75 Å². The first kappa shape index (κ1) is 18.4. The van der Waals surface area contributed by atoms with E-state index in [1.165, 1.54) is 0 Å². The van der Waals surface area contributed by atoms with Crippen LogP contribution < -0.4 is 15.5 Å². The zero-order chi connectivity index (χ0) is 18.4. The lowest BCUT2D eigenvalue weighted by atomic mass is 10.2. The molecule has 0 amide bonds. The third-order valence-corrected chi connectivity index (χ3v) is 4.61. The third kappa shape index (κ3) is 5.05. The number of hydrogen-bond acceptors (Lipinski definition) is 3. The van der Waals surface area contributed by atoms with Gasteiger partial charge in [0, 0.05) is 36.4 Å². The van der Waals surface area contributed by atoms with E-state index in [2.05, 4.69) is 33.5 Å². The fourth-order valence-corrected chi connectivity index (χ4v) is 3.31. The first-order valence-corrected chi connectivity index (χ1v) is 9.35. The number of anilines is 1. The van der Waals surface area contributed by atoms with Crippen LogP contribution in [0.5, 0.6) is 5.75 Å². The Balaban J connectivity index is 1.60. The summed E-state index contributed by atoms with van der Waals surface area (Å²) in [6.45, 7) is 5.28. The van der Waals surface area contributed by atoms with Gasteiger partial charge in [-0.1, -0.05) is 29.8 Å². The molecule has 1 fully saturated rings. The number of guanidine groups is 1. The maximum absolute atomic E-state index is 9.57. The second-order valence-corrected chi connectivity index (χ2v) is 6.86. The number of aromatic hydroxyl groups is 1. The molecule has 0 radical (unpaired) electrons. The highest BCUT2D eigenvalue weighted by molar-refractivity contribution is 6.30. The van der Waals surface area contributed by atoms with Crippen LogP contribution in [0.4, 0.5) is 5.69 Å². The van der Waals surface area contributed by atoms with E-state index in [4.69, 9.17) is 11.6 Å². The van der Waals surface area contributed by atoms with Crippen LogP contribution in [-0.2, 0) is 6.54 Å². The first-order chi connectivity index (χ1) is 12.6. The van der Waals surface area contributed by atoms with Crippen molar-refractivity contribution < 1.29 is 5.11 Å². The highest BCUT2D eigenvalue weighted by Crippen LogP contribution is 2.23. The van der Waals surface area contributed by atoms with Crippen molar-refractivity contribution in [1.29, 1.82) is 0 Å². The van der Waals surface area contributed by atoms with E-state index in [1.54, 1.807) is 12.1 Å². The molecular weight excluding hydrogens is 348 g/mol. The van der Waals surface area contributed by atoms with Crippen LogP contribution >= 0.6 is 11.6 Å². The fourth-order valence-electron chi connectivity index (χ4n) is 3.12. The molecule has 3 N–H and O–H groups in total. The minimum atomic E-state index is 0.267. The molecule has 1 aliphatic rings. The van der Waals surface area contributed by atoms with Crippen molar-refractivity contribution in [1.82, 2.24) is 10.6 Å². The third-order valence-electron chi connectivity index (χ3n) is 4.38. The van der Waals surface area contributed by atoms with E-state index in [0.29, 0.717) is 12.6 Å². The summed E-state index contributed by atoms with van der Waals surface area (Å²) in [7, 11) is 0. The van der Waals surface area contributed by atoms with E-state index in [1.807, 2.05) is 30.3 Å². The smallest absolute Gasteiger partial charge is 0.191 e. The van der Waals surface area contributed by atoms with Gasteiger partial charge >= 0.3 is 0 Å². The molecule has 0 aromatic heterocycles. The molecule has 0 bridgehead atoms. The summed E-state index contributed by atoms with van der Waals surface area (Å²) in [5, 5.41) is 17.2. The molecule has 1 unspecified atom stereocenters. The molecule has 0 saturated carbocycles. The van der Waals surface area contributed by atoms with Crippen molar-refractivity contribution in [3.05, 3.63) is 59.1 Å². The number of nitrogens with one attached hydrogen (secondary N) is 2. The number of hydrogen-bond donors (Lipinski definition) is 3. The van der Waals surface area contributed by atoms with Crippen LogP contribution in [0.3, 0.4) is 0 Å². The molecule has 2 aromatic carbocycles. The molecule has 1 aliphatic heterocycles. The molecule has 138 valence electrons. The molecule has 6 heteroatoms. The SMILES string of the molecule is CCNC(=NCc1cccc(O)c1)NC1CCN(c2cccc(Cl)c2)C1. The van der Waals surface area contributed by atoms with Crippen LogP contribution in [0.2, 0.25) is 5.02 Å². The van der Waals surface area contributed by atoms with Crippen molar-refractivity contribution in [2.45, 2.75) is 25.9 Å². The minimum Gasteiger partial charge on any atom is -0.508 e. The van der Waals surface area contributed by atoms with Gasteiger partial charge in [-0.3, -0.25) is 0 Å². The second-order valence-electron chi connectivity index (χ2n) is 6.42. The number of nitrogens with zero attached hydrogens (tertiary/aromatic N) is 2. The summed E-state index contributed by atoms with van der Waals surface area (Å²) in [5.74, 6) is 1.07. The van der Waals surface area contributed by atoms with Crippen molar-refractivity contribution in [3.63, 3.8) is 0 Å². The number of phenolic OH excluding ortho intramolecular Hbond substituents is 1. The van der Waals surface area contributed by atoms with Gasteiger partial charge in [0.15, 0.2) is 5.96 Å². The van der Waals surface area contributed by atoms with Crippen LogP contribution in [0.1, 0.15) is 18.9 Å². The maximum Gasteiger partial charge on any atom is 0.191 e. The Morgan fingerprint density at radius 3 is 2.88 bits per heavy atom. The van der Waals surface area contributed by atoms with Crippen LogP contribution in [-0.4, -0.2) is 36.7 Å². The average Bonchev–Trinajstić information content (AvgIpc) is 3.09. The van der Waals surface area contributed by atoms with E-state index < -0.39 is 0 Å². The monoisotopic (exact) mass is 372 g/mol. The quantitative estimate of drug-likeness (QED) is 0.556. The molecule has 0 spiro atoms. The van der Waals surface area contributed by atoms with Gasteiger partial charge in [-0.15, -0.1) is 0 Å². The molecule has 26 heavy (non-hydrogen) atoms. The number of phenols is 1. The standard InChI is InChI=1S/C20H25ClN4O/c1-2-22-20(23-13-15-5-3-8-19(26)11-15)24-17-9-10-25(14-17)18-7-4-6-16(21)12-18/h3-8,11-12,17,26H,2,9-10,13-14H2,1H3,(H2,22,23,24). The minimum absolute atomic E-state index is 0.267. The summed E-state index contributed by atoms with van der Waals surface area (Å²) in [5.41, 5.74) is 2.14. The van der Waals surface area contributed by atoms with Gasteiger partial charge in [-0.2, -0.15) is 0 Å². The molecule has 1 saturated heterocycles. The Kier molecular flexibility index (Phi) is 6.23. The van der Waals surface area contributed by atoms with Crippen molar-refractivity contribution in [2.24, 2.45) is 4.99 Å². The van der Waals surface area contributed by atoms with Crippen molar-refractivity contribution in [2.75, 3.05) is 24.5 Å². The average molecular weight is 373 g/mol. The number of rotatable bonds is 5. The molecule has 3 rings (SSSR count). The lowest BCUT2D eigenvalue weighted by Gasteiger charge is -2.20. The lowest BCUT2D eigenvalue weighted by molar-refractivity contribution is 0.474. The fraction of sp³-hybridized carbons (Fsp3) is 0.350. The van der Waals surface area contributed by atoms with Crippen LogP contribution in [0.25, 0.3) is 0 Å². The van der Waals surface area contributed by atoms with Crippen molar-refractivity contribution >= 4 is 23.2 Å². The first-order valence-electron chi connectivity index (χ1n) is 8.97. The Morgan fingerprint density at radius 2 is 2.12 bits per heavy atom.